The number of hydrogen-bond donors (Lipinski definition) is 1. The Morgan fingerprint density at radius 1 is 1.47 bits per heavy atom. The Bertz CT molecular complexity index is 417. The summed E-state index contributed by atoms with van der Waals surface area (Å²) in [4.78, 5) is 20.9. The van der Waals surface area contributed by atoms with E-state index < -0.39 is 0 Å². The molecule has 0 aliphatic carbocycles. The molecule has 88 valence electrons. The van der Waals surface area contributed by atoms with Crippen LogP contribution in [0.15, 0.2) is 6.33 Å². The van der Waals surface area contributed by atoms with Gasteiger partial charge in [-0.1, -0.05) is 0 Å². The molecule has 15 heavy (non-hydrogen) atoms. The van der Waals surface area contributed by atoms with Crippen molar-refractivity contribution in [1.29, 1.82) is 0 Å². The fraction of sp³-hybridized carbons (Fsp3) is 0.222. The molecule has 1 heterocycles. The van der Waals surface area contributed by atoms with Crippen molar-refractivity contribution in [2.75, 3.05) is 14.1 Å². The van der Waals surface area contributed by atoms with Gasteiger partial charge in [-0.2, -0.15) is 0 Å². The van der Waals surface area contributed by atoms with Gasteiger partial charge in [-0.15, -0.1) is 0 Å². The molecule has 1 aromatic heterocycles. The monoisotopic (exact) mass is 365 g/mol. The summed E-state index contributed by atoms with van der Waals surface area (Å²) in [5.74, 6) is -0.219. The molecule has 1 amide bonds. The van der Waals surface area contributed by atoms with E-state index in [-0.39, 0.29) is 11.6 Å². The summed E-state index contributed by atoms with van der Waals surface area (Å²) in [6.45, 7) is 3.75. The maximum atomic E-state index is 11.7. The van der Waals surface area contributed by atoms with Crippen LogP contribution in [-0.2, 0) is 0 Å². The zero-order chi connectivity index (χ0) is 11.6. The number of amides is 1. The predicted molar refractivity (Wildman–Crippen MR) is 52.8 cm³/mol. The molecule has 0 unspecified atom stereocenters. The van der Waals surface area contributed by atoms with Gasteiger partial charge in [0.25, 0.3) is 0 Å². The Balaban J connectivity index is 3.27. The van der Waals surface area contributed by atoms with E-state index >= 15 is 0 Å². The predicted octanol–water partition coefficient (Wildman–Crippen LogP) is -0.653. The van der Waals surface area contributed by atoms with E-state index in [1.54, 1.807) is 14.1 Å². The standard InChI is InChI=1S/C9H11N4O.Yb/c1-6-7(4-10)11-5-12-8(6)9(14)13(2)3;/h5H,1,10H2,2-3H3;/q-1;. The molecule has 6 heteroatoms. The summed E-state index contributed by atoms with van der Waals surface area (Å²) in [5.41, 5.74) is 6.72. The molecule has 0 saturated carbocycles. The van der Waals surface area contributed by atoms with Crippen molar-refractivity contribution in [1.82, 2.24) is 14.9 Å². The van der Waals surface area contributed by atoms with Gasteiger partial charge < -0.3 is 0 Å². The minimum absolute atomic E-state index is 0.219. The van der Waals surface area contributed by atoms with E-state index in [0.29, 0.717) is 11.6 Å². The Morgan fingerprint density at radius 3 is 2.47 bits per heavy atom. The van der Waals surface area contributed by atoms with Crippen molar-refractivity contribution in [3.63, 3.8) is 0 Å². The van der Waals surface area contributed by atoms with Crippen LogP contribution in [0.3, 0.4) is 0 Å². The van der Waals surface area contributed by atoms with Gasteiger partial charge in [0.05, 0.1) is 0 Å². The molecule has 0 saturated heterocycles. The molecule has 0 aromatic carbocycles. The van der Waals surface area contributed by atoms with E-state index in [9.17, 15) is 4.79 Å². The first-order valence-electron chi connectivity index (χ1n) is 4.06. The molecule has 0 bridgehead atoms. The minimum atomic E-state index is -0.219. The SMILES string of the molecule is [CH2-]c1c(C(=O)N(C)C)ncnc1[C](N)=[Yb]. The molecule has 1 aromatic rings. The second-order valence-corrected chi connectivity index (χ2v) is 3.96. The number of nitrogens with two attached hydrogens (primary N) is 1. The first-order chi connectivity index (χ1) is 6.95. The summed E-state index contributed by atoms with van der Waals surface area (Å²) in [6, 6.07) is 0. The van der Waals surface area contributed by atoms with Crippen molar-refractivity contribution in [2.24, 2.45) is 5.73 Å². The summed E-state index contributed by atoms with van der Waals surface area (Å²) >= 11 is 2.73. The van der Waals surface area contributed by atoms with Gasteiger partial charge in [-0.3, -0.25) is 0 Å². The Morgan fingerprint density at radius 2 is 2.00 bits per heavy atom. The molecule has 2 N–H and O–H groups in total. The summed E-state index contributed by atoms with van der Waals surface area (Å²) < 4.78 is 0.384. The average Bonchev–Trinajstić information content (AvgIpc) is 2.16. The summed E-state index contributed by atoms with van der Waals surface area (Å²) in [5, 5.41) is 0. The maximum absolute atomic E-state index is 11.7. The van der Waals surface area contributed by atoms with Crippen molar-refractivity contribution < 1.29 is 48.9 Å². The van der Waals surface area contributed by atoms with Crippen LogP contribution < -0.4 is 5.73 Å². The van der Waals surface area contributed by atoms with Crippen molar-refractivity contribution >= 4 is 6.27 Å². The van der Waals surface area contributed by atoms with Crippen LogP contribution in [0.1, 0.15) is 21.7 Å². The second kappa shape index (κ2) is 5.20. The van der Waals surface area contributed by atoms with E-state index in [2.05, 4.69) is 61.0 Å². The first-order valence-corrected chi connectivity index (χ1v) is 4.92. The van der Waals surface area contributed by atoms with Crippen LogP contribution in [0, 0.1) is 51.0 Å². The molecule has 0 fully saturated rings. The van der Waals surface area contributed by atoms with Gasteiger partial charge in [-0.05, 0) is 0 Å². The van der Waals surface area contributed by atoms with Crippen LogP contribution in [-0.4, -0.2) is 35.2 Å². The van der Waals surface area contributed by atoms with Crippen LogP contribution in [0.4, 0.5) is 0 Å². The molecular weight excluding hydrogens is 353 g/mol. The zero-order valence-electron chi connectivity index (χ0n) is 8.38. The molecule has 0 aliphatic heterocycles. The number of aromatic nitrogens is 2. The number of carbonyl (C=O) groups is 1. The Kier molecular flexibility index (Phi) is 4.45. The third kappa shape index (κ3) is 2.87. The topological polar surface area (TPSA) is 72.1 Å². The number of rotatable bonds is 2. The van der Waals surface area contributed by atoms with E-state index in [1.807, 2.05) is 0 Å². The molecule has 1 rings (SSSR count). The Labute approximate surface area is 119 Å². The average molecular weight is 364 g/mol. The fourth-order valence-corrected chi connectivity index (χ4v) is 1.36. The van der Waals surface area contributed by atoms with Gasteiger partial charge in [0.1, 0.15) is 0 Å². The van der Waals surface area contributed by atoms with Crippen LogP contribution in [0.2, 0.25) is 0 Å². The second-order valence-electron chi connectivity index (χ2n) is 3.04. The fourth-order valence-electron chi connectivity index (χ4n) is 0.990. The summed E-state index contributed by atoms with van der Waals surface area (Å²) in [6.07, 6.45) is 1.29. The van der Waals surface area contributed by atoms with Crippen molar-refractivity contribution in [3.05, 3.63) is 30.2 Å². The van der Waals surface area contributed by atoms with Crippen molar-refractivity contribution in [2.45, 2.75) is 0 Å². The zero-order valence-corrected chi connectivity index (χ0v) is 10.1. The van der Waals surface area contributed by atoms with E-state index in [1.165, 1.54) is 11.2 Å². The molecule has 0 spiro atoms. The van der Waals surface area contributed by atoms with Gasteiger partial charge >= 0.3 is 120 Å². The summed E-state index contributed by atoms with van der Waals surface area (Å²) in [7, 11) is 3.29. The number of carbonyl (C=O) groups excluding carboxylic acids is 1. The Hall–Kier alpha value is -0.231. The van der Waals surface area contributed by atoms with Crippen molar-refractivity contribution in [3.8, 4) is 0 Å². The molecule has 5 nitrogen and oxygen atoms in total. The van der Waals surface area contributed by atoms with Crippen LogP contribution in [0.25, 0.3) is 0 Å². The normalized spacial score (nSPS) is 9.93. The third-order valence-electron chi connectivity index (χ3n) is 1.75. The van der Waals surface area contributed by atoms with E-state index in [0.717, 1.165) is 0 Å². The molecule has 0 aliphatic rings. The molecule has 0 atom stereocenters. The first kappa shape index (κ1) is 12.8. The van der Waals surface area contributed by atoms with Gasteiger partial charge in [0.2, 0.25) is 0 Å². The van der Waals surface area contributed by atoms with Crippen LogP contribution in [0.5, 0.6) is 0 Å². The van der Waals surface area contributed by atoms with Gasteiger partial charge in [0.15, 0.2) is 0 Å². The quantitative estimate of drug-likeness (QED) is 0.708. The molecular formula is C9H11N4OYb-. The third-order valence-corrected chi connectivity index (χ3v) is 2.16. The number of nitrogens with zero attached hydrogens (tertiary/aromatic N) is 3. The van der Waals surface area contributed by atoms with Gasteiger partial charge in [0, 0.05) is 0 Å². The van der Waals surface area contributed by atoms with Crippen LogP contribution >= 0.6 is 0 Å². The number of hydrogen-bond acceptors (Lipinski definition) is 4. The molecule has 0 radical (unpaired) electrons. The van der Waals surface area contributed by atoms with E-state index in [4.69, 9.17) is 5.73 Å². The van der Waals surface area contributed by atoms with Gasteiger partial charge in [-0.25, -0.2) is 0 Å².